The van der Waals surface area contributed by atoms with Crippen LogP contribution < -0.4 is 16.8 Å². The van der Waals surface area contributed by atoms with Gasteiger partial charge in [0.25, 0.3) is 0 Å². The molecule has 0 aromatic heterocycles. The second kappa shape index (κ2) is 8.46. The van der Waals surface area contributed by atoms with Crippen molar-refractivity contribution in [3.05, 3.63) is 23.8 Å². The van der Waals surface area contributed by atoms with Crippen LogP contribution >= 0.6 is 0 Å². The molecule has 0 spiro atoms. The number of hydrogen-bond donors (Lipinski definition) is 3. The van der Waals surface area contributed by atoms with Crippen molar-refractivity contribution in [2.75, 3.05) is 0 Å². The van der Waals surface area contributed by atoms with Gasteiger partial charge in [0, 0.05) is 5.92 Å². The fourth-order valence-electron chi connectivity index (χ4n) is 2.52. The summed E-state index contributed by atoms with van der Waals surface area (Å²) in [5.74, 6) is 0.354. The topological polar surface area (TPSA) is 64.1 Å². The summed E-state index contributed by atoms with van der Waals surface area (Å²) in [6, 6.07) is 0. The van der Waals surface area contributed by atoms with Gasteiger partial charge in [-0.05, 0) is 44.6 Å². The van der Waals surface area contributed by atoms with E-state index in [1.807, 2.05) is 6.92 Å². The van der Waals surface area contributed by atoms with Gasteiger partial charge < -0.3 is 11.5 Å². The molecular formula is C15H29N3. The Hall–Kier alpha value is -0.640. The molecular weight excluding hydrogens is 222 g/mol. The number of rotatable bonds is 6. The van der Waals surface area contributed by atoms with Gasteiger partial charge in [-0.3, -0.25) is 5.32 Å². The smallest absolute Gasteiger partial charge is 0.0780 e. The van der Waals surface area contributed by atoms with Gasteiger partial charge in [0.1, 0.15) is 0 Å². The SMILES string of the molecule is CC=CC(CC)C(N)NC(N)C1=CCCCCC1. The maximum absolute atomic E-state index is 6.22. The van der Waals surface area contributed by atoms with Gasteiger partial charge in [-0.2, -0.15) is 0 Å². The summed E-state index contributed by atoms with van der Waals surface area (Å²) >= 11 is 0. The summed E-state index contributed by atoms with van der Waals surface area (Å²) in [5, 5.41) is 3.35. The van der Waals surface area contributed by atoms with Crippen molar-refractivity contribution in [1.82, 2.24) is 5.32 Å². The Labute approximate surface area is 112 Å². The first kappa shape index (κ1) is 15.4. The Bertz CT molecular complexity index is 283. The highest BCUT2D eigenvalue weighted by molar-refractivity contribution is 5.11. The highest BCUT2D eigenvalue weighted by atomic mass is 15.1. The van der Waals surface area contributed by atoms with E-state index in [0.29, 0.717) is 5.92 Å². The van der Waals surface area contributed by atoms with Gasteiger partial charge in [0.05, 0.1) is 12.3 Å². The van der Waals surface area contributed by atoms with Crippen LogP contribution in [-0.4, -0.2) is 12.3 Å². The van der Waals surface area contributed by atoms with E-state index in [-0.39, 0.29) is 12.3 Å². The number of allylic oxidation sites excluding steroid dienone is 2. The molecule has 18 heavy (non-hydrogen) atoms. The van der Waals surface area contributed by atoms with Gasteiger partial charge in [-0.25, -0.2) is 0 Å². The lowest BCUT2D eigenvalue weighted by atomic mass is 10.0. The Kier molecular flexibility index (Phi) is 7.25. The molecule has 1 aliphatic carbocycles. The first-order chi connectivity index (χ1) is 8.69. The normalized spacial score (nSPS) is 22.3. The lowest BCUT2D eigenvalue weighted by Gasteiger charge is -2.26. The van der Waals surface area contributed by atoms with Crippen molar-refractivity contribution in [3.63, 3.8) is 0 Å². The van der Waals surface area contributed by atoms with Crippen LogP contribution in [0, 0.1) is 5.92 Å². The molecule has 0 radical (unpaired) electrons. The van der Waals surface area contributed by atoms with Gasteiger partial charge in [0.15, 0.2) is 0 Å². The molecule has 3 unspecified atom stereocenters. The molecule has 0 fully saturated rings. The number of nitrogens with two attached hydrogens (primary N) is 2. The van der Waals surface area contributed by atoms with Crippen molar-refractivity contribution in [2.45, 2.75) is 64.7 Å². The highest BCUT2D eigenvalue weighted by Gasteiger charge is 2.18. The molecule has 0 heterocycles. The first-order valence-electron chi connectivity index (χ1n) is 7.28. The Morgan fingerprint density at radius 1 is 1.33 bits per heavy atom. The van der Waals surface area contributed by atoms with Crippen LogP contribution in [0.15, 0.2) is 23.8 Å². The van der Waals surface area contributed by atoms with Crippen LogP contribution in [-0.2, 0) is 0 Å². The summed E-state index contributed by atoms with van der Waals surface area (Å²) in [7, 11) is 0. The van der Waals surface area contributed by atoms with E-state index in [9.17, 15) is 0 Å². The molecule has 1 rings (SSSR count). The molecule has 0 amide bonds. The minimum atomic E-state index is -0.0857. The molecule has 0 saturated carbocycles. The molecule has 5 N–H and O–H groups in total. The monoisotopic (exact) mass is 251 g/mol. The summed E-state index contributed by atoms with van der Waals surface area (Å²) in [5.41, 5.74) is 13.7. The van der Waals surface area contributed by atoms with Crippen molar-refractivity contribution in [1.29, 1.82) is 0 Å². The van der Waals surface area contributed by atoms with Crippen molar-refractivity contribution < 1.29 is 0 Å². The van der Waals surface area contributed by atoms with Crippen LogP contribution in [0.3, 0.4) is 0 Å². The van der Waals surface area contributed by atoms with Gasteiger partial charge in [0.2, 0.25) is 0 Å². The fraction of sp³-hybridized carbons (Fsp3) is 0.733. The Balaban J connectivity index is 2.51. The predicted molar refractivity (Wildman–Crippen MR) is 78.8 cm³/mol. The zero-order chi connectivity index (χ0) is 13.4. The third-order valence-corrected chi connectivity index (χ3v) is 3.72. The molecule has 0 aliphatic heterocycles. The zero-order valence-electron chi connectivity index (χ0n) is 11.9. The fourth-order valence-corrected chi connectivity index (χ4v) is 2.52. The third-order valence-electron chi connectivity index (χ3n) is 3.72. The molecule has 0 saturated heterocycles. The van der Waals surface area contributed by atoms with Crippen LogP contribution in [0.5, 0.6) is 0 Å². The summed E-state index contributed by atoms with van der Waals surface area (Å²) < 4.78 is 0. The largest absolute Gasteiger partial charge is 0.315 e. The average molecular weight is 251 g/mol. The predicted octanol–water partition coefficient (Wildman–Crippen LogP) is 2.64. The second-order valence-corrected chi connectivity index (χ2v) is 5.15. The van der Waals surface area contributed by atoms with E-state index in [4.69, 9.17) is 11.5 Å². The van der Waals surface area contributed by atoms with E-state index in [2.05, 4.69) is 30.5 Å². The molecule has 3 nitrogen and oxygen atoms in total. The molecule has 3 heteroatoms. The second-order valence-electron chi connectivity index (χ2n) is 5.15. The van der Waals surface area contributed by atoms with Gasteiger partial charge in [-0.15, -0.1) is 0 Å². The Morgan fingerprint density at radius 3 is 2.78 bits per heavy atom. The summed E-state index contributed by atoms with van der Waals surface area (Å²) in [6.07, 6.45) is 13.5. The first-order valence-corrected chi connectivity index (χ1v) is 7.28. The Morgan fingerprint density at radius 2 is 2.11 bits per heavy atom. The molecule has 0 aromatic rings. The van der Waals surface area contributed by atoms with Crippen molar-refractivity contribution >= 4 is 0 Å². The quantitative estimate of drug-likeness (QED) is 0.502. The van der Waals surface area contributed by atoms with E-state index in [0.717, 1.165) is 19.3 Å². The van der Waals surface area contributed by atoms with E-state index < -0.39 is 0 Å². The molecule has 1 aliphatic rings. The summed E-state index contributed by atoms with van der Waals surface area (Å²) in [4.78, 5) is 0. The minimum Gasteiger partial charge on any atom is -0.315 e. The lowest BCUT2D eigenvalue weighted by Crippen LogP contribution is -2.52. The van der Waals surface area contributed by atoms with Gasteiger partial charge >= 0.3 is 0 Å². The number of hydrogen-bond acceptors (Lipinski definition) is 3. The average Bonchev–Trinajstić information content (AvgIpc) is 2.64. The van der Waals surface area contributed by atoms with Crippen molar-refractivity contribution in [3.8, 4) is 0 Å². The maximum Gasteiger partial charge on any atom is 0.0780 e. The van der Waals surface area contributed by atoms with E-state index in [1.54, 1.807) is 0 Å². The molecule has 0 aromatic carbocycles. The maximum atomic E-state index is 6.22. The van der Waals surface area contributed by atoms with Crippen LogP contribution in [0.2, 0.25) is 0 Å². The lowest BCUT2D eigenvalue weighted by molar-refractivity contribution is 0.377. The molecule has 0 bridgehead atoms. The van der Waals surface area contributed by atoms with Crippen LogP contribution in [0.25, 0.3) is 0 Å². The highest BCUT2D eigenvalue weighted by Crippen LogP contribution is 2.19. The molecule has 3 atom stereocenters. The van der Waals surface area contributed by atoms with Gasteiger partial charge in [-0.1, -0.05) is 31.6 Å². The van der Waals surface area contributed by atoms with E-state index in [1.165, 1.54) is 24.8 Å². The number of nitrogens with one attached hydrogen (secondary N) is 1. The minimum absolute atomic E-state index is 0.0645. The third kappa shape index (κ3) is 4.92. The standard InChI is InChI=1S/C15H29N3/c1-3-9-12(4-2)14(16)18-15(17)13-10-7-5-6-8-11-13/h3,9-10,12,14-15,18H,4-8,11,16-17H2,1-2H3. The van der Waals surface area contributed by atoms with Crippen LogP contribution in [0.1, 0.15) is 52.4 Å². The van der Waals surface area contributed by atoms with E-state index >= 15 is 0 Å². The van der Waals surface area contributed by atoms with Crippen molar-refractivity contribution in [2.24, 2.45) is 17.4 Å². The summed E-state index contributed by atoms with van der Waals surface area (Å²) in [6.45, 7) is 4.19. The van der Waals surface area contributed by atoms with Crippen LogP contribution in [0.4, 0.5) is 0 Å². The zero-order valence-corrected chi connectivity index (χ0v) is 11.9. The molecule has 104 valence electrons.